The Hall–Kier alpha value is 1.69. The SMILES string of the molecule is CC[Si]1(CC)O[Si](C)(C)O[Si]2(O[Si](C)(C)O1)O[Si](C)(C)O[Si]1(O[Si](C)(C)O[Si](CC)(CC)O[Si](C)(C)O1)O[Si](C)(C)O2. The molecule has 0 bridgehead atoms. The summed E-state index contributed by atoms with van der Waals surface area (Å²) in [6.07, 6.45) is 0. The van der Waals surface area contributed by atoms with Crippen molar-refractivity contribution in [3.05, 3.63) is 0 Å². The molecule has 0 atom stereocenters. The maximum atomic E-state index is 6.91. The molecule has 0 N–H and O–H groups in total. The zero-order valence-corrected chi connectivity index (χ0v) is 38.7. The molecule has 0 unspecified atom stereocenters. The van der Waals surface area contributed by atoms with Crippen molar-refractivity contribution in [3.63, 3.8) is 0 Å². The van der Waals surface area contributed by atoms with Crippen LogP contribution in [0.25, 0.3) is 0 Å². The van der Waals surface area contributed by atoms with E-state index in [1.807, 2.05) is 78.6 Å². The zero-order valence-electron chi connectivity index (χ0n) is 28.7. The lowest BCUT2D eigenvalue weighted by Crippen LogP contribution is -2.78. The summed E-state index contributed by atoms with van der Waals surface area (Å²) in [7, 11) is -30.8. The molecule has 2 spiro atoms. The Morgan fingerprint density at radius 1 is 0.262 bits per heavy atom. The molecule has 3 saturated heterocycles. The molecule has 3 aliphatic heterocycles. The van der Waals surface area contributed by atoms with Crippen molar-refractivity contribution < 1.29 is 49.4 Å². The lowest BCUT2D eigenvalue weighted by molar-refractivity contribution is 0.0396. The molecular weight excluding hydrogens is 713 g/mol. The maximum absolute atomic E-state index is 6.91. The third-order valence-corrected chi connectivity index (χ3v) is 48.7. The van der Waals surface area contributed by atoms with Crippen molar-refractivity contribution in [2.45, 2.75) is 130 Å². The summed E-state index contributed by atoms with van der Waals surface area (Å²) in [5.74, 6) is 0. The van der Waals surface area contributed by atoms with Gasteiger partial charge in [-0.3, -0.25) is 0 Å². The topological polar surface area (TPSA) is 111 Å². The van der Waals surface area contributed by atoms with Gasteiger partial charge in [0.15, 0.2) is 0 Å². The second kappa shape index (κ2) is 12.3. The summed E-state index contributed by atoms with van der Waals surface area (Å²) in [4.78, 5) is 0. The van der Waals surface area contributed by atoms with Crippen LogP contribution < -0.4 is 0 Å². The number of rotatable bonds is 4. The van der Waals surface area contributed by atoms with E-state index >= 15 is 0 Å². The van der Waals surface area contributed by atoms with Crippen LogP contribution in [0.15, 0.2) is 0 Å². The normalized spacial score (nSPS) is 32.0. The first-order valence-electron chi connectivity index (χ1n) is 15.1. The van der Waals surface area contributed by atoms with Crippen LogP contribution in [-0.4, -0.2) is 86.6 Å². The highest BCUT2D eigenvalue weighted by atomic mass is 28.6. The zero-order chi connectivity index (χ0) is 32.3. The van der Waals surface area contributed by atoms with Crippen molar-refractivity contribution >= 4 is 86.6 Å². The fourth-order valence-electron chi connectivity index (χ4n) is 5.69. The Kier molecular flexibility index (Phi) is 11.2. The Bertz CT molecular complexity index is 833. The quantitative estimate of drug-likeness (QED) is 0.301. The summed E-state index contributed by atoms with van der Waals surface area (Å²) in [5, 5.41) is 0. The van der Waals surface area contributed by atoms with Crippen molar-refractivity contribution in [2.24, 2.45) is 0 Å². The van der Waals surface area contributed by atoms with E-state index in [0.29, 0.717) is 0 Å². The van der Waals surface area contributed by atoms with E-state index in [-0.39, 0.29) is 0 Å². The lowest BCUT2D eigenvalue weighted by Gasteiger charge is -2.54. The van der Waals surface area contributed by atoms with E-state index in [1.165, 1.54) is 0 Å². The molecule has 0 aromatic carbocycles. The molecule has 22 heteroatoms. The molecule has 3 heterocycles. The van der Waals surface area contributed by atoms with E-state index < -0.39 is 86.6 Å². The van der Waals surface area contributed by atoms with Crippen LogP contribution in [0.3, 0.4) is 0 Å². The van der Waals surface area contributed by atoms with E-state index in [9.17, 15) is 0 Å². The fraction of sp³-hybridized carbons (Fsp3) is 1.00. The molecule has 3 aliphatic rings. The van der Waals surface area contributed by atoms with Gasteiger partial charge in [-0.25, -0.2) is 0 Å². The van der Waals surface area contributed by atoms with Crippen LogP contribution in [0.1, 0.15) is 27.7 Å². The molecule has 0 aliphatic carbocycles. The van der Waals surface area contributed by atoms with Crippen LogP contribution >= 0.6 is 0 Å². The van der Waals surface area contributed by atoms with Gasteiger partial charge in [-0.1, -0.05) is 27.7 Å². The lowest BCUT2D eigenvalue weighted by atomic mass is 10.9. The minimum absolute atomic E-state index is 0.804. The van der Waals surface area contributed by atoms with E-state index in [1.54, 1.807) is 0 Å². The minimum Gasteiger partial charge on any atom is -0.416 e. The first kappa shape index (κ1) is 38.1. The molecule has 42 heavy (non-hydrogen) atoms. The highest BCUT2D eigenvalue weighted by Crippen LogP contribution is 2.43. The standard InChI is InChI=1S/C20H56O12Si10/c1-17-39(18-2)21-33(5,6)25-41(26-34(7,8)22-39)29-37(13,14)31-42(32-38(15,16)30-41)27-35(9,10)23-40(19-3,20-4)24-36(11,12)28-42/h17-20H2,1-16H3. The molecule has 0 radical (unpaired) electrons. The third-order valence-electron chi connectivity index (χ3n) is 6.85. The predicted molar refractivity (Wildman–Crippen MR) is 183 cm³/mol. The number of hydrogen-bond donors (Lipinski definition) is 0. The molecule has 12 nitrogen and oxygen atoms in total. The van der Waals surface area contributed by atoms with Crippen LogP contribution in [0.2, 0.25) is 103 Å². The van der Waals surface area contributed by atoms with E-state index in [2.05, 4.69) is 27.7 Å². The van der Waals surface area contributed by atoms with Gasteiger partial charge in [-0.2, -0.15) is 0 Å². The summed E-state index contributed by atoms with van der Waals surface area (Å²) >= 11 is 0. The Balaban J connectivity index is 2.08. The van der Waals surface area contributed by atoms with Crippen LogP contribution in [0.4, 0.5) is 0 Å². The van der Waals surface area contributed by atoms with Crippen molar-refractivity contribution in [2.75, 3.05) is 0 Å². The van der Waals surface area contributed by atoms with Crippen LogP contribution in [0, 0.1) is 0 Å². The van der Waals surface area contributed by atoms with Gasteiger partial charge in [0, 0.05) is 0 Å². The van der Waals surface area contributed by atoms with Gasteiger partial charge < -0.3 is 49.4 Å². The Labute approximate surface area is 265 Å². The second-order valence-corrected chi connectivity index (χ2v) is 48.9. The van der Waals surface area contributed by atoms with Gasteiger partial charge in [-0.05, 0) is 103 Å². The van der Waals surface area contributed by atoms with Crippen LogP contribution in [0.5, 0.6) is 0 Å². The van der Waals surface area contributed by atoms with Gasteiger partial charge in [0.25, 0.3) is 0 Å². The van der Waals surface area contributed by atoms with Crippen LogP contribution in [-0.2, 0) is 49.4 Å². The van der Waals surface area contributed by atoms with Crippen molar-refractivity contribution in [1.29, 1.82) is 0 Å². The average molecular weight is 770 g/mol. The predicted octanol–water partition coefficient (Wildman–Crippen LogP) is 6.27. The largest absolute Gasteiger partial charge is 0.643 e. The molecule has 3 rings (SSSR count). The van der Waals surface area contributed by atoms with Crippen molar-refractivity contribution in [1.82, 2.24) is 0 Å². The smallest absolute Gasteiger partial charge is 0.416 e. The molecule has 0 amide bonds. The highest BCUT2D eigenvalue weighted by Gasteiger charge is 2.71. The first-order valence-corrected chi connectivity index (χ1v) is 39.8. The molecule has 0 saturated carbocycles. The van der Waals surface area contributed by atoms with Gasteiger partial charge in [-0.15, -0.1) is 0 Å². The molecule has 3 fully saturated rings. The second-order valence-electron chi connectivity index (χ2n) is 13.9. The molecular formula is C20H56O12Si10. The summed E-state index contributed by atoms with van der Waals surface area (Å²) in [6.45, 7) is 32.2. The summed E-state index contributed by atoms with van der Waals surface area (Å²) in [5.41, 5.74) is 0. The van der Waals surface area contributed by atoms with Crippen molar-refractivity contribution in [3.8, 4) is 0 Å². The van der Waals surface area contributed by atoms with E-state index in [0.717, 1.165) is 24.2 Å². The van der Waals surface area contributed by atoms with E-state index in [4.69, 9.17) is 49.4 Å². The Morgan fingerprint density at radius 3 is 0.548 bits per heavy atom. The monoisotopic (exact) mass is 768 g/mol. The average Bonchev–Trinajstić information content (AvgIpc) is 2.71. The molecule has 0 aromatic heterocycles. The van der Waals surface area contributed by atoms with Gasteiger partial charge >= 0.3 is 86.6 Å². The summed E-state index contributed by atoms with van der Waals surface area (Å²) < 4.78 is 82.4. The molecule has 248 valence electrons. The number of hydrogen-bond acceptors (Lipinski definition) is 12. The molecule has 0 aromatic rings. The Morgan fingerprint density at radius 2 is 0.405 bits per heavy atom. The summed E-state index contributed by atoms with van der Waals surface area (Å²) in [6, 6.07) is 3.22. The van der Waals surface area contributed by atoms with Gasteiger partial charge in [0.1, 0.15) is 0 Å². The van der Waals surface area contributed by atoms with Gasteiger partial charge in [0.2, 0.25) is 0 Å². The third kappa shape index (κ3) is 9.40. The fourth-order valence-corrected chi connectivity index (χ4v) is 55.7. The van der Waals surface area contributed by atoms with Gasteiger partial charge in [0.05, 0.1) is 0 Å². The minimum atomic E-state index is -3.93. The first-order chi connectivity index (χ1) is 18.7. The highest BCUT2D eigenvalue weighted by molar-refractivity contribution is 6.98. The maximum Gasteiger partial charge on any atom is 0.643 e.